The number of benzene rings is 1. The van der Waals surface area contributed by atoms with E-state index in [4.69, 9.17) is 4.74 Å². The van der Waals surface area contributed by atoms with E-state index in [1.807, 2.05) is 14.0 Å². The SMILES string of the molecule is CCNC(=NCc1c(F)cccc1OC(F)F)NCCN(C)CCCOC.I. The lowest BCUT2D eigenvalue weighted by Crippen LogP contribution is -2.41. The second-order valence-electron chi connectivity index (χ2n) is 5.87. The molecule has 0 saturated carbocycles. The molecule has 10 heteroatoms. The number of ether oxygens (including phenoxy) is 2. The molecule has 0 heterocycles. The first-order chi connectivity index (χ1) is 13.0. The molecule has 2 N–H and O–H groups in total. The van der Waals surface area contributed by atoms with Gasteiger partial charge in [-0.3, -0.25) is 0 Å². The zero-order valence-corrected chi connectivity index (χ0v) is 18.8. The van der Waals surface area contributed by atoms with Crippen LogP contribution >= 0.6 is 24.0 Å². The molecule has 1 rings (SSSR count). The number of guanidine groups is 1. The van der Waals surface area contributed by atoms with E-state index in [-0.39, 0.29) is 41.8 Å². The number of hydrogen-bond acceptors (Lipinski definition) is 4. The molecule has 0 radical (unpaired) electrons. The number of methoxy groups -OCH3 is 1. The molecule has 0 aliphatic heterocycles. The van der Waals surface area contributed by atoms with Crippen LogP contribution in [0.4, 0.5) is 13.2 Å². The van der Waals surface area contributed by atoms with Crippen molar-refractivity contribution >= 4 is 29.9 Å². The Balaban J connectivity index is 0.00000729. The smallest absolute Gasteiger partial charge is 0.387 e. The number of hydrogen-bond donors (Lipinski definition) is 2. The predicted molar refractivity (Wildman–Crippen MR) is 115 cm³/mol. The van der Waals surface area contributed by atoms with E-state index in [9.17, 15) is 13.2 Å². The lowest BCUT2D eigenvalue weighted by molar-refractivity contribution is -0.0506. The van der Waals surface area contributed by atoms with Crippen LogP contribution in [0.15, 0.2) is 23.2 Å². The second-order valence-corrected chi connectivity index (χ2v) is 5.87. The second kappa shape index (κ2) is 15.6. The van der Waals surface area contributed by atoms with Crippen molar-refractivity contribution in [2.24, 2.45) is 4.99 Å². The summed E-state index contributed by atoms with van der Waals surface area (Å²) in [4.78, 5) is 6.43. The Kier molecular flexibility index (Phi) is 14.9. The zero-order chi connectivity index (χ0) is 20.1. The van der Waals surface area contributed by atoms with Gasteiger partial charge < -0.3 is 25.0 Å². The summed E-state index contributed by atoms with van der Waals surface area (Å²) in [6, 6.07) is 3.82. The normalized spacial score (nSPS) is 11.5. The van der Waals surface area contributed by atoms with Crippen LogP contribution in [-0.4, -0.2) is 64.4 Å². The van der Waals surface area contributed by atoms with Crippen LogP contribution < -0.4 is 15.4 Å². The highest BCUT2D eigenvalue weighted by Gasteiger charge is 2.13. The molecule has 0 amide bonds. The Morgan fingerprint density at radius 3 is 2.64 bits per heavy atom. The highest BCUT2D eigenvalue weighted by Crippen LogP contribution is 2.24. The van der Waals surface area contributed by atoms with Gasteiger partial charge in [-0.1, -0.05) is 6.07 Å². The van der Waals surface area contributed by atoms with Gasteiger partial charge in [0.05, 0.1) is 12.1 Å². The van der Waals surface area contributed by atoms with Crippen molar-refractivity contribution in [2.75, 3.05) is 46.9 Å². The highest BCUT2D eigenvalue weighted by atomic mass is 127. The fourth-order valence-electron chi connectivity index (χ4n) is 2.35. The van der Waals surface area contributed by atoms with Gasteiger partial charge in [-0.2, -0.15) is 8.78 Å². The molecule has 0 saturated heterocycles. The third kappa shape index (κ3) is 10.9. The Bertz CT molecular complexity index is 580. The maximum Gasteiger partial charge on any atom is 0.387 e. The van der Waals surface area contributed by atoms with Crippen LogP contribution in [0.3, 0.4) is 0 Å². The maximum atomic E-state index is 14.0. The topological polar surface area (TPSA) is 58.1 Å². The van der Waals surface area contributed by atoms with Crippen LogP contribution in [0.5, 0.6) is 5.75 Å². The monoisotopic (exact) mass is 518 g/mol. The van der Waals surface area contributed by atoms with Gasteiger partial charge in [0.2, 0.25) is 0 Å². The molecule has 0 aliphatic carbocycles. The number of halogens is 4. The number of aliphatic imine (C=N–C) groups is 1. The van der Waals surface area contributed by atoms with Gasteiger partial charge in [-0.15, -0.1) is 24.0 Å². The Morgan fingerprint density at radius 1 is 1.25 bits per heavy atom. The lowest BCUT2D eigenvalue weighted by Gasteiger charge is -2.18. The van der Waals surface area contributed by atoms with Crippen LogP contribution in [-0.2, 0) is 11.3 Å². The van der Waals surface area contributed by atoms with Gasteiger partial charge in [0, 0.05) is 39.9 Å². The first-order valence-electron chi connectivity index (χ1n) is 8.89. The van der Waals surface area contributed by atoms with Gasteiger partial charge in [-0.05, 0) is 32.5 Å². The van der Waals surface area contributed by atoms with Crippen molar-refractivity contribution in [3.8, 4) is 5.75 Å². The quantitative estimate of drug-likeness (QED) is 0.193. The number of rotatable bonds is 12. The van der Waals surface area contributed by atoms with Gasteiger partial charge >= 0.3 is 6.61 Å². The van der Waals surface area contributed by atoms with Crippen LogP contribution in [0.1, 0.15) is 18.9 Å². The average molecular weight is 518 g/mol. The average Bonchev–Trinajstić information content (AvgIpc) is 2.61. The molecular weight excluding hydrogens is 488 g/mol. The van der Waals surface area contributed by atoms with E-state index in [0.29, 0.717) is 25.7 Å². The van der Waals surface area contributed by atoms with Crippen molar-refractivity contribution in [1.29, 1.82) is 0 Å². The van der Waals surface area contributed by atoms with Crippen LogP contribution in [0, 0.1) is 5.82 Å². The standard InChI is InChI=1S/C18H29F3N4O2.HI/c1-4-22-18(23-9-11-25(2)10-6-12-26-3)24-13-14-15(19)7-5-8-16(14)27-17(20)21;/h5,7-8,17H,4,6,9-13H2,1-3H3,(H2,22,23,24);1H. The third-order valence-electron chi connectivity index (χ3n) is 3.71. The fourth-order valence-corrected chi connectivity index (χ4v) is 2.35. The summed E-state index contributed by atoms with van der Waals surface area (Å²) in [5, 5.41) is 6.19. The Hall–Kier alpha value is -1.27. The van der Waals surface area contributed by atoms with E-state index in [1.165, 1.54) is 18.2 Å². The molecule has 0 aromatic heterocycles. The zero-order valence-electron chi connectivity index (χ0n) is 16.5. The molecule has 0 bridgehead atoms. The van der Waals surface area contributed by atoms with Crippen molar-refractivity contribution in [3.05, 3.63) is 29.6 Å². The molecule has 1 aromatic carbocycles. The molecule has 0 atom stereocenters. The summed E-state index contributed by atoms with van der Waals surface area (Å²) >= 11 is 0. The molecule has 0 spiro atoms. The summed E-state index contributed by atoms with van der Waals surface area (Å²) in [6.45, 7) is 2.43. The summed E-state index contributed by atoms with van der Waals surface area (Å²) in [6.07, 6.45) is 0.946. The molecule has 0 unspecified atom stereocenters. The van der Waals surface area contributed by atoms with E-state index in [2.05, 4.69) is 25.3 Å². The highest BCUT2D eigenvalue weighted by molar-refractivity contribution is 14.0. The van der Waals surface area contributed by atoms with E-state index in [0.717, 1.165) is 19.5 Å². The number of alkyl halides is 2. The number of likely N-dealkylation sites (N-methyl/N-ethyl adjacent to an activating group) is 1. The Labute approximate surface area is 181 Å². The largest absolute Gasteiger partial charge is 0.434 e. The molecule has 0 aliphatic rings. The maximum absolute atomic E-state index is 14.0. The van der Waals surface area contributed by atoms with Crippen molar-refractivity contribution in [3.63, 3.8) is 0 Å². The van der Waals surface area contributed by atoms with Gasteiger partial charge in [0.15, 0.2) is 5.96 Å². The minimum Gasteiger partial charge on any atom is -0.434 e. The summed E-state index contributed by atoms with van der Waals surface area (Å²) in [5.41, 5.74) is -0.00770. The van der Waals surface area contributed by atoms with Gasteiger partial charge in [0.25, 0.3) is 0 Å². The van der Waals surface area contributed by atoms with Crippen molar-refractivity contribution in [2.45, 2.75) is 26.5 Å². The number of nitrogens with one attached hydrogen (secondary N) is 2. The molecule has 6 nitrogen and oxygen atoms in total. The van der Waals surface area contributed by atoms with E-state index >= 15 is 0 Å². The summed E-state index contributed by atoms with van der Waals surface area (Å²) in [7, 11) is 3.68. The molecule has 28 heavy (non-hydrogen) atoms. The van der Waals surface area contributed by atoms with E-state index in [1.54, 1.807) is 7.11 Å². The van der Waals surface area contributed by atoms with Crippen LogP contribution in [0.25, 0.3) is 0 Å². The minimum atomic E-state index is -3.02. The molecule has 1 aromatic rings. The predicted octanol–water partition coefficient (Wildman–Crippen LogP) is 3.07. The first-order valence-corrected chi connectivity index (χ1v) is 8.89. The van der Waals surface area contributed by atoms with Crippen molar-refractivity contribution < 1.29 is 22.6 Å². The first kappa shape index (κ1) is 26.7. The fraction of sp³-hybridized carbons (Fsp3) is 0.611. The summed E-state index contributed by atoms with van der Waals surface area (Å²) < 4.78 is 48.4. The molecular formula is C18H30F3IN4O2. The van der Waals surface area contributed by atoms with Crippen molar-refractivity contribution in [1.82, 2.24) is 15.5 Å². The number of nitrogens with zero attached hydrogens (tertiary/aromatic N) is 2. The third-order valence-corrected chi connectivity index (χ3v) is 3.71. The molecule has 0 fully saturated rings. The van der Waals surface area contributed by atoms with Gasteiger partial charge in [0.1, 0.15) is 11.6 Å². The minimum absolute atomic E-state index is 0. The molecule has 162 valence electrons. The van der Waals surface area contributed by atoms with Crippen LogP contribution in [0.2, 0.25) is 0 Å². The van der Waals surface area contributed by atoms with E-state index < -0.39 is 12.4 Å². The Morgan fingerprint density at radius 2 is 2.00 bits per heavy atom. The lowest BCUT2D eigenvalue weighted by atomic mass is 10.2. The van der Waals surface area contributed by atoms with Gasteiger partial charge in [-0.25, -0.2) is 9.38 Å². The summed E-state index contributed by atoms with van der Waals surface area (Å²) in [5.74, 6) is -0.359.